The van der Waals surface area contributed by atoms with Crippen molar-refractivity contribution in [3.63, 3.8) is 0 Å². The Labute approximate surface area is 78.5 Å². The molecule has 0 aliphatic heterocycles. The fourth-order valence-electron chi connectivity index (χ4n) is 1.46. The minimum absolute atomic E-state index is 0.121. The summed E-state index contributed by atoms with van der Waals surface area (Å²) in [7, 11) is 0. The summed E-state index contributed by atoms with van der Waals surface area (Å²) in [5.74, 6) is -0.455. The lowest BCUT2D eigenvalue weighted by Gasteiger charge is -2.41. The molecule has 76 valence electrons. The Morgan fingerprint density at radius 1 is 1.69 bits per heavy atom. The Bertz CT molecular complexity index is 185. The monoisotopic (exact) mass is 186 g/mol. The number of carbonyl (C=O) groups excluding carboxylic acids is 1. The lowest BCUT2D eigenvalue weighted by atomic mass is 9.77. The third-order valence-corrected chi connectivity index (χ3v) is 2.88. The molecule has 0 aromatic heterocycles. The van der Waals surface area contributed by atoms with E-state index in [2.05, 4.69) is 5.32 Å². The van der Waals surface area contributed by atoms with Crippen LogP contribution in [0.15, 0.2) is 0 Å². The van der Waals surface area contributed by atoms with Gasteiger partial charge in [0.1, 0.15) is 0 Å². The van der Waals surface area contributed by atoms with Crippen molar-refractivity contribution in [1.82, 2.24) is 5.32 Å². The molecule has 0 aromatic rings. The van der Waals surface area contributed by atoms with E-state index >= 15 is 0 Å². The number of primary amides is 1. The summed E-state index contributed by atoms with van der Waals surface area (Å²) in [5.41, 5.74) is 5.00. The van der Waals surface area contributed by atoms with Crippen LogP contribution >= 0.6 is 0 Å². The van der Waals surface area contributed by atoms with Crippen molar-refractivity contribution in [2.75, 3.05) is 13.2 Å². The molecule has 1 amide bonds. The second kappa shape index (κ2) is 4.07. The molecule has 1 rings (SSSR count). The van der Waals surface area contributed by atoms with Crippen LogP contribution in [0.1, 0.15) is 26.2 Å². The van der Waals surface area contributed by atoms with E-state index in [4.69, 9.17) is 10.8 Å². The van der Waals surface area contributed by atoms with Crippen LogP contribution in [0.25, 0.3) is 0 Å². The zero-order chi connectivity index (χ0) is 9.90. The number of nitrogens with two attached hydrogens (primary N) is 1. The van der Waals surface area contributed by atoms with Crippen LogP contribution in [-0.2, 0) is 4.79 Å². The zero-order valence-electron chi connectivity index (χ0n) is 8.05. The summed E-state index contributed by atoms with van der Waals surface area (Å²) in [6.07, 6.45) is 3.14. The van der Waals surface area contributed by atoms with Gasteiger partial charge in [0.25, 0.3) is 0 Å². The van der Waals surface area contributed by atoms with E-state index in [0.29, 0.717) is 6.54 Å². The second-order valence-corrected chi connectivity index (χ2v) is 3.98. The van der Waals surface area contributed by atoms with Crippen LogP contribution in [0, 0.1) is 5.92 Å². The van der Waals surface area contributed by atoms with E-state index < -0.39 is 0 Å². The predicted octanol–water partition coefficient (Wildman–Crippen LogP) is -0.388. The van der Waals surface area contributed by atoms with Gasteiger partial charge in [-0.25, -0.2) is 0 Å². The van der Waals surface area contributed by atoms with Gasteiger partial charge in [0.15, 0.2) is 0 Å². The number of rotatable bonds is 5. The van der Waals surface area contributed by atoms with Gasteiger partial charge in [0, 0.05) is 18.0 Å². The molecule has 4 N–H and O–H groups in total. The zero-order valence-corrected chi connectivity index (χ0v) is 8.05. The van der Waals surface area contributed by atoms with Crippen molar-refractivity contribution in [2.24, 2.45) is 11.7 Å². The van der Waals surface area contributed by atoms with Crippen molar-refractivity contribution in [3.05, 3.63) is 0 Å². The van der Waals surface area contributed by atoms with E-state index in [1.165, 1.54) is 0 Å². The van der Waals surface area contributed by atoms with Gasteiger partial charge in [0.2, 0.25) is 5.91 Å². The smallest absolute Gasteiger partial charge is 0.221 e. The van der Waals surface area contributed by atoms with Crippen molar-refractivity contribution < 1.29 is 9.90 Å². The summed E-state index contributed by atoms with van der Waals surface area (Å²) in [5, 5.41) is 12.3. The van der Waals surface area contributed by atoms with Crippen LogP contribution in [-0.4, -0.2) is 29.7 Å². The summed E-state index contributed by atoms with van der Waals surface area (Å²) >= 11 is 0. The molecule has 1 aliphatic rings. The van der Waals surface area contributed by atoms with Crippen molar-refractivity contribution in [1.29, 1.82) is 0 Å². The Morgan fingerprint density at radius 2 is 2.31 bits per heavy atom. The predicted molar refractivity (Wildman–Crippen MR) is 50.0 cm³/mol. The van der Waals surface area contributed by atoms with Gasteiger partial charge in [-0.15, -0.1) is 0 Å². The SMILES string of the molecule is CC(CNC1(CO)CCC1)C(N)=O. The molecule has 0 radical (unpaired) electrons. The highest BCUT2D eigenvalue weighted by atomic mass is 16.3. The quantitative estimate of drug-likeness (QED) is 0.547. The Kier molecular flexibility index (Phi) is 3.27. The highest BCUT2D eigenvalue weighted by Crippen LogP contribution is 2.31. The molecule has 0 aromatic carbocycles. The first kappa shape index (κ1) is 10.5. The standard InChI is InChI=1S/C9H18N2O2/c1-7(8(10)13)5-11-9(6-12)3-2-4-9/h7,11-12H,2-6H2,1H3,(H2,10,13). The fraction of sp³-hybridized carbons (Fsp3) is 0.889. The normalized spacial score (nSPS) is 22.0. The van der Waals surface area contributed by atoms with E-state index in [1.807, 2.05) is 0 Å². The minimum atomic E-state index is -0.292. The van der Waals surface area contributed by atoms with E-state index in [9.17, 15) is 4.79 Å². The molecule has 0 spiro atoms. The number of hydrogen-bond donors (Lipinski definition) is 3. The maximum Gasteiger partial charge on any atom is 0.221 e. The van der Waals surface area contributed by atoms with Crippen molar-refractivity contribution >= 4 is 5.91 Å². The largest absolute Gasteiger partial charge is 0.394 e. The first-order valence-corrected chi connectivity index (χ1v) is 4.75. The third kappa shape index (κ3) is 2.42. The Morgan fingerprint density at radius 3 is 2.62 bits per heavy atom. The van der Waals surface area contributed by atoms with Gasteiger partial charge >= 0.3 is 0 Å². The maximum absolute atomic E-state index is 10.7. The topological polar surface area (TPSA) is 75.3 Å². The van der Waals surface area contributed by atoms with Crippen LogP contribution in [0.5, 0.6) is 0 Å². The molecule has 4 nitrogen and oxygen atoms in total. The molecule has 13 heavy (non-hydrogen) atoms. The highest BCUT2D eigenvalue weighted by Gasteiger charge is 2.36. The lowest BCUT2D eigenvalue weighted by Crippen LogP contribution is -2.55. The molecule has 0 bridgehead atoms. The lowest BCUT2D eigenvalue weighted by molar-refractivity contribution is -0.121. The Balaban J connectivity index is 2.28. The summed E-state index contributed by atoms with van der Waals surface area (Å²) < 4.78 is 0. The van der Waals surface area contributed by atoms with Gasteiger partial charge in [-0.2, -0.15) is 0 Å². The second-order valence-electron chi connectivity index (χ2n) is 3.98. The van der Waals surface area contributed by atoms with Crippen LogP contribution in [0.4, 0.5) is 0 Å². The van der Waals surface area contributed by atoms with Crippen LogP contribution in [0.2, 0.25) is 0 Å². The van der Waals surface area contributed by atoms with Crippen molar-refractivity contribution in [3.8, 4) is 0 Å². The van der Waals surface area contributed by atoms with E-state index in [-0.39, 0.29) is 24.0 Å². The van der Waals surface area contributed by atoms with Gasteiger partial charge in [-0.1, -0.05) is 6.92 Å². The molecule has 1 atom stereocenters. The molecule has 1 aliphatic carbocycles. The first-order valence-electron chi connectivity index (χ1n) is 4.75. The number of amides is 1. The van der Waals surface area contributed by atoms with E-state index in [1.54, 1.807) is 6.92 Å². The van der Waals surface area contributed by atoms with Gasteiger partial charge in [-0.3, -0.25) is 4.79 Å². The van der Waals surface area contributed by atoms with Gasteiger partial charge < -0.3 is 16.2 Å². The molecule has 0 heterocycles. The maximum atomic E-state index is 10.7. The number of aliphatic hydroxyl groups excluding tert-OH is 1. The molecular weight excluding hydrogens is 168 g/mol. The number of aliphatic hydroxyl groups is 1. The number of nitrogens with one attached hydrogen (secondary N) is 1. The van der Waals surface area contributed by atoms with E-state index in [0.717, 1.165) is 19.3 Å². The molecular formula is C9H18N2O2. The number of carbonyl (C=O) groups is 1. The molecule has 1 fully saturated rings. The summed E-state index contributed by atoms with van der Waals surface area (Å²) in [6.45, 7) is 2.51. The molecule has 0 saturated heterocycles. The van der Waals surface area contributed by atoms with Gasteiger partial charge in [0.05, 0.1) is 6.61 Å². The molecule has 4 heteroatoms. The summed E-state index contributed by atoms with van der Waals surface area (Å²) in [6, 6.07) is 0. The average Bonchev–Trinajstić information content (AvgIpc) is 2.02. The highest BCUT2D eigenvalue weighted by molar-refractivity contribution is 5.76. The number of hydrogen-bond acceptors (Lipinski definition) is 3. The Hall–Kier alpha value is -0.610. The van der Waals surface area contributed by atoms with Gasteiger partial charge in [-0.05, 0) is 19.3 Å². The van der Waals surface area contributed by atoms with Crippen molar-refractivity contribution in [2.45, 2.75) is 31.7 Å². The minimum Gasteiger partial charge on any atom is -0.394 e. The molecule has 1 unspecified atom stereocenters. The van der Waals surface area contributed by atoms with Crippen LogP contribution < -0.4 is 11.1 Å². The summed E-state index contributed by atoms with van der Waals surface area (Å²) in [4.78, 5) is 10.7. The first-order chi connectivity index (χ1) is 6.09. The average molecular weight is 186 g/mol. The third-order valence-electron chi connectivity index (χ3n) is 2.88. The fourth-order valence-corrected chi connectivity index (χ4v) is 1.46. The van der Waals surface area contributed by atoms with Crippen LogP contribution in [0.3, 0.4) is 0 Å². The molecule has 1 saturated carbocycles.